The van der Waals surface area contributed by atoms with Crippen LogP contribution in [0.15, 0.2) is 52.6 Å². The van der Waals surface area contributed by atoms with Gasteiger partial charge in [0.15, 0.2) is 12.4 Å². The number of esters is 1. The zero-order valence-corrected chi connectivity index (χ0v) is 13.7. The number of nitrogens with zero attached hydrogens (tertiary/aromatic N) is 2. The van der Waals surface area contributed by atoms with Crippen molar-refractivity contribution in [2.45, 2.75) is 0 Å². The van der Waals surface area contributed by atoms with E-state index in [1.807, 2.05) is 0 Å². The van der Waals surface area contributed by atoms with Crippen LogP contribution in [-0.4, -0.2) is 49.8 Å². The normalized spacial score (nSPS) is 18.0. The number of ether oxygens (including phenoxy) is 1. The lowest BCUT2D eigenvalue weighted by atomic mass is 10.1. The van der Waals surface area contributed by atoms with Gasteiger partial charge in [0.1, 0.15) is 11.7 Å². The van der Waals surface area contributed by atoms with Crippen LogP contribution in [0, 0.1) is 5.82 Å². The number of hydrogen-bond donors (Lipinski definition) is 0. The zero-order valence-electron chi connectivity index (χ0n) is 12.9. The molecule has 0 radical (unpaired) electrons. The summed E-state index contributed by atoms with van der Waals surface area (Å²) in [6.45, 7) is -0.304. The van der Waals surface area contributed by atoms with Crippen LogP contribution in [-0.2, 0) is 19.6 Å². The molecule has 0 saturated carbocycles. The predicted molar refractivity (Wildman–Crippen MR) is 86.8 cm³/mol. The van der Waals surface area contributed by atoms with Crippen molar-refractivity contribution in [1.29, 1.82) is 0 Å². The number of benzene rings is 1. The van der Waals surface area contributed by atoms with E-state index in [1.54, 1.807) is 0 Å². The molecule has 130 valence electrons. The largest absolute Gasteiger partial charge is 0.454 e. The van der Waals surface area contributed by atoms with E-state index >= 15 is 0 Å². The number of amidine groups is 1. The van der Waals surface area contributed by atoms with E-state index in [-0.39, 0.29) is 29.3 Å². The lowest BCUT2D eigenvalue weighted by molar-refractivity contribution is -0.137. The Morgan fingerprint density at radius 1 is 1.20 bits per heavy atom. The number of halogens is 1. The van der Waals surface area contributed by atoms with Crippen LogP contribution in [0.1, 0.15) is 10.4 Å². The Kier molecular flexibility index (Phi) is 4.49. The third-order valence-corrected chi connectivity index (χ3v) is 4.72. The molecule has 0 aliphatic carbocycles. The second-order valence-corrected chi connectivity index (χ2v) is 7.11. The monoisotopic (exact) mass is 364 g/mol. The van der Waals surface area contributed by atoms with E-state index in [0.717, 1.165) is 12.1 Å². The first-order valence-corrected chi connectivity index (χ1v) is 8.90. The first-order valence-electron chi connectivity index (χ1n) is 7.29. The van der Waals surface area contributed by atoms with Crippen molar-refractivity contribution in [3.63, 3.8) is 0 Å². The summed E-state index contributed by atoms with van der Waals surface area (Å²) in [6.07, 6.45) is 4.20. The van der Waals surface area contributed by atoms with Crippen molar-refractivity contribution in [3.05, 3.63) is 59.6 Å². The van der Waals surface area contributed by atoms with Crippen LogP contribution in [0.3, 0.4) is 0 Å². The van der Waals surface area contributed by atoms with Gasteiger partial charge in [-0.05, 0) is 36.4 Å². The van der Waals surface area contributed by atoms with E-state index in [9.17, 15) is 22.4 Å². The van der Waals surface area contributed by atoms with Gasteiger partial charge in [-0.2, -0.15) is 0 Å². The van der Waals surface area contributed by atoms with Crippen molar-refractivity contribution >= 4 is 27.6 Å². The van der Waals surface area contributed by atoms with Gasteiger partial charge < -0.3 is 9.64 Å². The Morgan fingerprint density at radius 3 is 2.64 bits per heavy atom. The molecule has 0 unspecified atom stereocenters. The second-order valence-electron chi connectivity index (χ2n) is 5.35. The molecule has 25 heavy (non-hydrogen) atoms. The summed E-state index contributed by atoms with van der Waals surface area (Å²) in [5, 5.41) is 0. The Labute approximate surface area is 143 Å². The summed E-state index contributed by atoms with van der Waals surface area (Å²) in [6, 6.07) is 4.91. The fourth-order valence-corrected chi connectivity index (χ4v) is 3.22. The molecule has 0 amide bonds. The average Bonchev–Trinajstić information content (AvgIpc) is 2.58. The van der Waals surface area contributed by atoms with E-state index < -0.39 is 34.2 Å². The SMILES string of the molecule is O=C(OCC(=O)c1ccc(F)cc1)C1=CN2CCS(=O)(=O)N=C2C=C1. The average molecular weight is 364 g/mol. The van der Waals surface area contributed by atoms with Crippen LogP contribution in [0.2, 0.25) is 0 Å². The van der Waals surface area contributed by atoms with Crippen LogP contribution >= 0.6 is 0 Å². The Morgan fingerprint density at radius 2 is 1.92 bits per heavy atom. The van der Waals surface area contributed by atoms with Gasteiger partial charge >= 0.3 is 5.97 Å². The van der Waals surface area contributed by atoms with Gasteiger partial charge in [-0.1, -0.05) is 0 Å². The van der Waals surface area contributed by atoms with Crippen LogP contribution in [0.25, 0.3) is 0 Å². The predicted octanol–water partition coefficient (Wildman–Crippen LogP) is 1.05. The molecule has 0 aromatic heterocycles. The number of carbonyl (C=O) groups excluding carboxylic acids is 2. The molecule has 3 rings (SSSR count). The number of hydrogen-bond acceptors (Lipinski definition) is 6. The lowest BCUT2D eigenvalue weighted by Crippen LogP contribution is -2.37. The van der Waals surface area contributed by atoms with E-state index in [1.165, 1.54) is 35.4 Å². The molecule has 0 N–H and O–H groups in total. The van der Waals surface area contributed by atoms with E-state index in [2.05, 4.69) is 4.40 Å². The fraction of sp³-hybridized carbons (Fsp3) is 0.188. The molecular formula is C16H13FN2O5S. The molecule has 0 atom stereocenters. The maximum absolute atomic E-state index is 12.8. The molecule has 0 fully saturated rings. The molecule has 1 aromatic carbocycles. The molecule has 0 spiro atoms. The Balaban J connectivity index is 1.63. The topological polar surface area (TPSA) is 93.1 Å². The molecular weight excluding hydrogens is 351 g/mol. The van der Waals surface area contributed by atoms with Gasteiger partial charge in [-0.15, -0.1) is 4.40 Å². The fourth-order valence-electron chi connectivity index (χ4n) is 2.26. The lowest BCUT2D eigenvalue weighted by Gasteiger charge is -2.26. The highest BCUT2D eigenvalue weighted by Gasteiger charge is 2.25. The third-order valence-electron chi connectivity index (χ3n) is 3.56. The Hall–Kier alpha value is -2.81. The Bertz CT molecular complexity index is 916. The minimum absolute atomic E-state index is 0.147. The van der Waals surface area contributed by atoms with Gasteiger partial charge in [0.2, 0.25) is 0 Å². The van der Waals surface area contributed by atoms with Gasteiger partial charge in [0.05, 0.1) is 11.3 Å². The van der Waals surface area contributed by atoms with Crippen LogP contribution in [0.4, 0.5) is 4.39 Å². The highest BCUT2D eigenvalue weighted by Crippen LogP contribution is 2.16. The molecule has 1 aromatic rings. The molecule has 0 bridgehead atoms. The van der Waals surface area contributed by atoms with Crippen LogP contribution in [0.5, 0.6) is 0 Å². The van der Waals surface area contributed by atoms with Crippen molar-refractivity contribution in [1.82, 2.24) is 4.90 Å². The van der Waals surface area contributed by atoms with Gasteiger partial charge in [0, 0.05) is 18.3 Å². The van der Waals surface area contributed by atoms with Crippen LogP contribution < -0.4 is 0 Å². The maximum Gasteiger partial charge on any atom is 0.340 e. The van der Waals surface area contributed by atoms with Crippen molar-refractivity contribution in [2.75, 3.05) is 18.9 Å². The first-order chi connectivity index (χ1) is 11.8. The minimum atomic E-state index is -3.47. The maximum atomic E-state index is 12.8. The summed E-state index contributed by atoms with van der Waals surface area (Å²) in [7, 11) is -3.47. The molecule has 9 heteroatoms. The van der Waals surface area contributed by atoms with Gasteiger partial charge in [-0.3, -0.25) is 4.79 Å². The van der Waals surface area contributed by atoms with Gasteiger partial charge in [-0.25, -0.2) is 17.6 Å². The summed E-state index contributed by atoms with van der Waals surface area (Å²) in [5.41, 5.74) is 0.406. The smallest absolute Gasteiger partial charge is 0.340 e. The highest BCUT2D eigenvalue weighted by atomic mass is 32.2. The summed E-state index contributed by atoms with van der Waals surface area (Å²) in [5.74, 6) is -1.57. The number of rotatable bonds is 4. The van der Waals surface area contributed by atoms with Gasteiger partial charge in [0.25, 0.3) is 10.0 Å². The second kappa shape index (κ2) is 6.60. The first kappa shape index (κ1) is 17.0. The molecule has 2 heterocycles. The zero-order chi connectivity index (χ0) is 18.0. The molecule has 0 saturated heterocycles. The summed E-state index contributed by atoms with van der Waals surface area (Å²) in [4.78, 5) is 25.5. The number of Topliss-reactive ketones (excluding diaryl/α,β-unsaturated/α-hetero) is 1. The number of fused-ring (bicyclic) bond motifs is 1. The summed E-state index contributed by atoms with van der Waals surface area (Å²) >= 11 is 0. The quantitative estimate of drug-likeness (QED) is 0.586. The molecule has 2 aliphatic rings. The highest BCUT2D eigenvalue weighted by molar-refractivity contribution is 7.90. The minimum Gasteiger partial charge on any atom is -0.454 e. The summed E-state index contributed by atoms with van der Waals surface area (Å²) < 4.78 is 44.3. The van der Waals surface area contributed by atoms with Crippen molar-refractivity contribution in [2.24, 2.45) is 4.40 Å². The van der Waals surface area contributed by atoms with Crippen molar-refractivity contribution < 1.29 is 27.1 Å². The molecule has 7 nitrogen and oxygen atoms in total. The number of sulfonamides is 1. The standard InChI is InChI=1S/C16H13FN2O5S/c17-13-4-1-11(2-5-13)14(20)10-24-16(21)12-3-6-15-18-25(22,23)8-7-19(15)9-12/h1-6,9H,7-8,10H2. The molecule has 2 aliphatic heterocycles. The van der Waals surface area contributed by atoms with E-state index in [0.29, 0.717) is 0 Å². The van der Waals surface area contributed by atoms with Crippen molar-refractivity contribution in [3.8, 4) is 0 Å². The van der Waals surface area contributed by atoms with E-state index in [4.69, 9.17) is 4.74 Å². The number of ketones is 1. The third kappa shape index (κ3) is 4.00. The number of carbonyl (C=O) groups is 2.